The predicted molar refractivity (Wildman–Crippen MR) is 81.5 cm³/mol. The van der Waals surface area contributed by atoms with Crippen LogP contribution < -0.4 is 5.73 Å². The molecule has 0 bridgehead atoms. The SMILES string of the molecule is Cc1cccc(-c2onc(N)c2-c2ccc(F)cc2Cl)c1. The molecule has 21 heavy (non-hydrogen) atoms. The van der Waals surface area contributed by atoms with E-state index in [1.165, 1.54) is 12.1 Å². The first-order valence-corrected chi connectivity index (χ1v) is 6.71. The molecule has 0 aliphatic carbocycles. The Morgan fingerprint density at radius 2 is 2.00 bits per heavy atom. The molecule has 5 heteroatoms. The van der Waals surface area contributed by atoms with Crippen LogP contribution in [0.1, 0.15) is 5.56 Å². The third-order valence-electron chi connectivity index (χ3n) is 3.20. The molecule has 2 N–H and O–H groups in total. The molecule has 2 aromatic carbocycles. The topological polar surface area (TPSA) is 52.0 Å². The summed E-state index contributed by atoms with van der Waals surface area (Å²) in [4.78, 5) is 0. The van der Waals surface area contributed by atoms with Crippen molar-refractivity contribution in [3.8, 4) is 22.5 Å². The fourth-order valence-corrected chi connectivity index (χ4v) is 2.50. The molecule has 0 aliphatic heterocycles. The number of nitrogen functional groups attached to an aromatic ring is 1. The molecule has 0 atom stereocenters. The van der Waals surface area contributed by atoms with Crippen LogP contribution in [0.15, 0.2) is 47.0 Å². The summed E-state index contributed by atoms with van der Waals surface area (Å²) < 4.78 is 18.6. The Morgan fingerprint density at radius 1 is 1.19 bits per heavy atom. The van der Waals surface area contributed by atoms with E-state index in [0.29, 0.717) is 16.9 Å². The number of rotatable bonds is 2. The first kappa shape index (κ1) is 13.6. The number of benzene rings is 2. The Balaban J connectivity index is 2.22. The maximum atomic E-state index is 13.2. The van der Waals surface area contributed by atoms with Crippen molar-refractivity contribution >= 4 is 17.4 Å². The summed E-state index contributed by atoms with van der Waals surface area (Å²) in [5.41, 5.74) is 8.99. The van der Waals surface area contributed by atoms with Crippen molar-refractivity contribution in [3.05, 3.63) is 58.9 Å². The van der Waals surface area contributed by atoms with Crippen LogP contribution >= 0.6 is 11.6 Å². The molecule has 0 amide bonds. The summed E-state index contributed by atoms with van der Waals surface area (Å²) in [6, 6.07) is 11.9. The van der Waals surface area contributed by atoms with Crippen molar-refractivity contribution in [3.63, 3.8) is 0 Å². The minimum absolute atomic E-state index is 0.222. The summed E-state index contributed by atoms with van der Waals surface area (Å²) >= 11 is 6.12. The van der Waals surface area contributed by atoms with Gasteiger partial charge in [0.2, 0.25) is 0 Å². The van der Waals surface area contributed by atoms with Gasteiger partial charge in [-0.2, -0.15) is 0 Å². The number of anilines is 1. The Labute approximate surface area is 126 Å². The van der Waals surface area contributed by atoms with Gasteiger partial charge in [0.1, 0.15) is 5.82 Å². The molecule has 1 heterocycles. The van der Waals surface area contributed by atoms with E-state index in [-0.39, 0.29) is 10.8 Å². The van der Waals surface area contributed by atoms with Crippen molar-refractivity contribution in [1.82, 2.24) is 5.16 Å². The van der Waals surface area contributed by atoms with Crippen molar-refractivity contribution in [2.24, 2.45) is 0 Å². The van der Waals surface area contributed by atoms with Gasteiger partial charge in [-0.3, -0.25) is 0 Å². The van der Waals surface area contributed by atoms with E-state index in [1.807, 2.05) is 31.2 Å². The Hall–Kier alpha value is -2.33. The van der Waals surface area contributed by atoms with Crippen LogP contribution in [0.2, 0.25) is 5.02 Å². The Kier molecular flexibility index (Phi) is 3.39. The molecule has 0 saturated carbocycles. The molecular weight excluding hydrogens is 291 g/mol. The highest BCUT2D eigenvalue weighted by molar-refractivity contribution is 6.33. The van der Waals surface area contributed by atoms with Crippen LogP contribution in [0.5, 0.6) is 0 Å². The fraction of sp³-hybridized carbons (Fsp3) is 0.0625. The van der Waals surface area contributed by atoms with Gasteiger partial charge in [-0.1, -0.05) is 40.5 Å². The van der Waals surface area contributed by atoms with Gasteiger partial charge in [0, 0.05) is 11.1 Å². The van der Waals surface area contributed by atoms with E-state index >= 15 is 0 Å². The second-order valence-corrected chi connectivity index (χ2v) is 5.17. The van der Waals surface area contributed by atoms with E-state index in [9.17, 15) is 4.39 Å². The second kappa shape index (κ2) is 5.22. The minimum Gasteiger partial charge on any atom is -0.380 e. The number of aryl methyl sites for hydroxylation is 1. The van der Waals surface area contributed by atoms with Crippen molar-refractivity contribution in [2.45, 2.75) is 6.92 Å². The third-order valence-corrected chi connectivity index (χ3v) is 3.51. The van der Waals surface area contributed by atoms with E-state index < -0.39 is 5.82 Å². The lowest BCUT2D eigenvalue weighted by Crippen LogP contribution is -1.90. The van der Waals surface area contributed by atoms with E-state index in [4.69, 9.17) is 21.9 Å². The van der Waals surface area contributed by atoms with Crippen LogP contribution in [0.3, 0.4) is 0 Å². The highest BCUT2D eigenvalue weighted by Gasteiger charge is 2.20. The van der Waals surface area contributed by atoms with Gasteiger partial charge in [0.25, 0.3) is 0 Å². The predicted octanol–water partition coefficient (Wildman–Crippen LogP) is 4.69. The largest absolute Gasteiger partial charge is 0.380 e. The highest BCUT2D eigenvalue weighted by atomic mass is 35.5. The van der Waals surface area contributed by atoms with E-state index in [1.54, 1.807) is 6.07 Å². The first-order chi connectivity index (χ1) is 10.1. The summed E-state index contributed by atoms with van der Waals surface area (Å²) in [5.74, 6) is 0.334. The van der Waals surface area contributed by atoms with Crippen molar-refractivity contribution in [2.75, 3.05) is 5.73 Å². The summed E-state index contributed by atoms with van der Waals surface area (Å²) in [6.07, 6.45) is 0. The molecule has 1 aromatic heterocycles. The molecule has 3 nitrogen and oxygen atoms in total. The van der Waals surface area contributed by atoms with Crippen molar-refractivity contribution in [1.29, 1.82) is 0 Å². The molecule has 106 valence electrons. The molecule has 0 radical (unpaired) electrons. The maximum Gasteiger partial charge on any atom is 0.176 e. The lowest BCUT2D eigenvalue weighted by molar-refractivity contribution is 0.436. The lowest BCUT2D eigenvalue weighted by atomic mass is 10.0. The monoisotopic (exact) mass is 302 g/mol. The quantitative estimate of drug-likeness (QED) is 0.747. The van der Waals surface area contributed by atoms with Crippen LogP contribution in [-0.4, -0.2) is 5.16 Å². The lowest BCUT2D eigenvalue weighted by Gasteiger charge is -2.06. The second-order valence-electron chi connectivity index (χ2n) is 4.77. The normalized spacial score (nSPS) is 10.8. The van der Waals surface area contributed by atoms with Crippen molar-refractivity contribution < 1.29 is 8.91 Å². The van der Waals surface area contributed by atoms with Crippen LogP contribution in [0.4, 0.5) is 10.2 Å². The molecule has 0 fully saturated rings. The molecule has 0 aliphatic rings. The van der Waals surface area contributed by atoms with Crippen LogP contribution in [0, 0.1) is 12.7 Å². The van der Waals surface area contributed by atoms with Gasteiger partial charge in [0.15, 0.2) is 11.6 Å². The Bertz CT molecular complexity index is 814. The van der Waals surface area contributed by atoms with E-state index in [2.05, 4.69) is 5.16 Å². The van der Waals surface area contributed by atoms with Gasteiger partial charge < -0.3 is 10.3 Å². The number of halogens is 2. The summed E-state index contributed by atoms with van der Waals surface area (Å²) in [6.45, 7) is 1.98. The maximum absolute atomic E-state index is 13.2. The van der Waals surface area contributed by atoms with Crippen LogP contribution in [0.25, 0.3) is 22.5 Å². The number of hydrogen-bond acceptors (Lipinski definition) is 3. The smallest absolute Gasteiger partial charge is 0.176 e. The summed E-state index contributed by atoms with van der Waals surface area (Å²) in [7, 11) is 0. The molecule has 0 unspecified atom stereocenters. The standard InChI is InChI=1S/C16H12ClFN2O/c1-9-3-2-4-10(7-9)15-14(16(19)20-21-15)12-6-5-11(18)8-13(12)17/h2-8H,1H3,(H2,19,20). The highest BCUT2D eigenvalue weighted by Crippen LogP contribution is 2.40. The average Bonchev–Trinajstić information content (AvgIpc) is 2.81. The molecule has 0 saturated heterocycles. The number of nitrogens with two attached hydrogens (primary N) is 1. The number of aromatic nitrogens is 1. The zero-order chi connectivity index (χ0) is 15.0. The van der Waals surface area contributed by atoms with Gasteiger partial charge in [-0.15, -0.1) is 0 Å². The Morgan fingerprint density at radius 3 is 2.71 bits per heavy atom. The first-order valence-electron chi connectivity index (χ1n) is 6.34. The summed E-state index contributed by atoms with van der Waals surface area (Å²) in [5, 5.41) is 4.08. The molecule has 3 aromatic rings. The minimum atomic E-state index is -0.407. The van der Waals surface area contributed by atoms with E-state index in [0.717, 1.165) is 11.1 Å². The van der Waals surface area contributed by atoms with Crippen LogP contribution in [-0.2, 0) is 0 Å². The fourth-order valence-electron chi connectivity index (χ4n) is 2.24. The zero-order valence-electron chi connectivity index (χ0n) is 11.2. The van der Waals surface area contributed by atoms with Gasteiger partial charge in [-0.05, 0) is 31.2 Å². The van der Waals surface area contributed by atoms with Gasteiger partial charge in [-0.25, -0.2) is 4.39 Å². The number of hydrogen-bond donors (Lipinski definition) is 1. The van der Waals surface area contributed by atoms with Gasteiger partial charge >= 0.3 is 0 Å². The molecule has 3 rings (SSSR count). The molecule has 0 spiro atoms. The zero-order valence-corrected chi connectivity index (χ0v) is 12.0. The average molecular weight is 303 g/mol. The van der Waals surface area contributed by atoms with Gasteiger partial charge in [0.05, 0.1) is 10.6 Å². The molecular formula is C16H12ClFN2O. The third kappa shape index (κ3) is 2.50. The number of nitrogens with zero attached hydrogens (tertiary/aromatic N) is 1.